The third-order valence-electron chi connectivity index (χ3n) is 20.4. The summed E-state index contributed by atoms with van der Waals surface area (Å²) in [6.07, 6.45) is 97.3. The summed E-state index contributed by atoms with van der Waals surface area (Å²) in [5.74, 6) is 0. The third-order valence-corrected chi connectivity index (χ3v) is 21.9. The molecule has 7 nitrogen and oxygen atoms in total. The molecule has 554 valence electrons. The fraction of sp³-hybridized carbons (Fsp3) is 1.00. The molecule has 0 saturated heterocycles. The first-order chi connectivity index (χ1) is 45.4. The molecule has 0 aliphatic carbocycles. The molecule has 0 rings (SSSR count). The predicted octanol–water partition coefficient (Wildman–Crippen LogP) is 30.6. The molecule has 0 saturated carbocycles. The van der Waals surface area contributed by atoms with Crippen LogP contribution >= 0.6 is 7.82 Å². The number of hydrogen-bond acceptors (Lipinski definition) is 7. The van der Waals surface area contributed by atoms with Gasteiger partial charge in [0.2, 0.25) is 0 Å². The van der Waals surface area contributed by atoms with Crippen LogP contribution in [0.5, 0.6) is 0 Å². The summed E-state index contributed by atoms with van der Waals surface area (Å²) in [7, 11) is -4.44. The molecule has 0 aromatic carbocycles. The number of hydrogen-bond donors (Lipinski definition) is 3. The van der Waals surface area contributed by atoms with Gasteiger partial charge < -0.3 is 15.3 Å². The Morgan fingerprint density at radius 2 is 0.261 bits per heavy atom. The fourth-order valence-corrected chi connectivity index (χ4v) is 15.4. The zero-order valence-electron chi connectivity index (χ0n) is 63.3. The van der Waals surface area contributed by atoms with Crippen molar-refractivity contribution < 1.29 is 33.5 Å². The quantitative estimate of drug-likeness (QED) is 0.0316. The van der Waals surface area contributed by atoms with Crippen molar-refractivity contribution in [2.24, 2.45) is 0 Å². The SMILES string of the molecule is CCCCCCCCCCCCCCCCCCCCCCCCCCCC(O)OP(=O)(OC(O)CCCCCCCCCCCCCCCCCCCCCCCCCCC)OC(O)CCCCCCCCCCCCCCCCCCCCCCCCCCC. The maximum atomic E-state index is 14.0. The maximum absolute atomic E-state index is 14.0. The van der Waals surface area contributed by atoms with E-state index in [0.29, 0.717) is 19.3 Å². The highest BCUT2D eigenvalue weighted by molar-refractivity contribution is 7.48. The molecule has 0 aliphatic rings. The number of aliphatic hydroxyl groups excluding tert-OH is 3. The standard InChI is InChI=1S/C84H171O7P/c1-4-7-10-13-16-19-22-25-28-31-34-37-40-43-46-49-52-55-58-61-64-67-70-73-76-79-82(85)89-92(88,90-83(86)80-77-74-71-68-65-62-59-56-53-50-47-44-41-38-35-32-29-26-23-20-17-14-11-8-5-2)91-84(87)81-78-75-72-69-66-63-60-57-54-51-48-45-42-39-36-33-30-27-24-21-18-15-12-9-6-3/h82-87H,4-81H2,1-3H3. The molecule has 92 heavy (non-hydrogen) atoms. The van der Waals surface area contributed by atoms with Gasteiger partial charge in [-0.05, 0) is 38.5 Å². The zero-order valence-corrected chi connectivity index (χ0v) is 64.2. The first-order valence-corrected chi connectivity index (χ1v) is 44.5. The molecule has 0 aliphatic heterocycles. The molecule has 0 radical (unpaired) electrons. The Bertz CT molecular complexity index is 1210. The van der Waals surface area contributed by atoms with Crippen molar-refractivity contribution in [2.45, 2.75) is 540 Å². The van der Waals surface area contributed by atoms with Gasteiger partial charge in [0.25, 0.3) is 0 Å². The van der Waals surface area contributed by atoms with Crippen LogP contribution in [0.2, 0.25) is 0 Å². The molecular weight excluding hydrogens is 1150 g/mol. The van der Waals surface area contributed by atoms with Crippen LogP contribution in [0.1, 0.15) is 522 Å². The van der Waals surface area contributed by atoms with Gasteiger partial charge in [-0.2, -0.15) is 0 Å². The van der Waals surface area contributed by atoms with Gasteiger partial charge in [-0.1, -0.05) is 483 Å². The van der Waals surface area contributed by atoms with E-state index in [4.69, 9.17) is 13.6 Å². The van der Waals surface area contributed by atoms with Crippen LogP contribution in [0.15, 0.2) is 0 Å². The molecule has 3 N–H and O–H groups in total. The van der Waals surface area contributed by atoms with Crippen LogP contribution in [0.4, 0.5) is 0 Å². The molecule has 0 aromatic rings. The van der Waals surface area contributed by atoms with E-state index in [0.717, 1.165) is 57.8 Å². The topological polar surface area (TPSA) is 105 Å². The highest BCUT2D eigenvalue weighted by Gasteiger charge is 2.36. The van der Waals surface area contributed by atoms with Crippen molar-refractivity contribution in [1.29, 1.82) is 0 Å². The molecule has 0 bridgehead atoms. The van der Waals surface area contributed by atoms with Crippen LogP contribution in [0, 0.1) is 0 Å². The lowest BCUT2D eigenvalue weighted by molar-refractivity contribution is -0.123. The Kier molecular flexibility index (Phi) is 80.0. The van der Waals surface area contributed by atoms with Crippen molar-refractivity contribution in [2.75, 3.05) is 0 Å². The van der Waals surface area contributed by atoms with Gasteiger partial charge in [-0.25, -0.2) is 4.57 Å². The number of aliphatic hydroxyl groups is 3. The molecule has 0 aromatic heterocycles. The van der Waals surface area contributed by atoms with Gasteiger partial charge in [-0.3, -0.25) is 13.6 Å². The van der Waals surface area contributed by atoms with Gasteiger partial charge in [0.05, 0.1) is 0 Å². The van der Waals surface area contributed by atoms with E-state index in [-0.39, 0.29) is 0 Å². The van der Waals surface area contributed by atoms with Gasteiger partial charge in [0.15, 0.2) is 18.9 Å². The summed E-state index contributed by atoms with van der Waals surface area (Å²) in [5, 5.41) is 32.8. The van der Waals surface area contributed by atoms with E-state index in [1.807, 2.05) is 0 Å². The highest BCUT2D eigenvalue weighted by atomic mass is 31.2. The Morgan fingerprint density at radius 3 is 0.359 bits per heavy atom. The lowest BCUT2D eigenvalue weighted by Gasteiger charge is -2.25. The molecule has 3 atom stereocenters. The van der Waals surface area contributed by atoms with Crippen LogP contribution in [-0.4, -0.2) is 34.2 Å². The van der Waals surface area contributed by atoms with Crippen molar-refractivity contribution in [3.05, 3.63) is 0 Å². The summed E-state index contributed by atoms with van der Waals surface area (Å²) < 4.78 is 30.8. The predicted molar refractivity (Wildman–Crippen MR) is 406 cm³/mol. The van der Waals surface area contributed by atoms with E-state index >= 15 is 0 Å². The number of rotatable bonds is 84. The van der Waals surface area contributed by atoms with Crippen LogP contribution in [0.3, 0.4) is 0 Å². The van der Waals surface area contributed by atoms with Crippen LogP contribution in [-0.2, 0) is 18.1 Å². The molecular formula is C84H171O7P. The van der Waals surface area contributed by atoms with Gasteiger partial charge in [0.1, 0.15) is 0 Å². The average molecular weight is 1320 g/mol. The van der Waals surface area contributed by atoms with Crippen LogP contribution < -0.4 is 0 Å². The summed E-state index contributed by atoms with van der Waals surface area (Å²) in [4.78, 5) is 0. The van der Waals surface area contributed by atoms with Crippen molar-refractivity contribution in [1.82, 2.24) is 0 Å². The van der Waals surface area contributed by atoms with E-state index in [2.05, 4.69) is 20.8 Å². The molecule has 8 heteroatoms. The lowest BCUT2D eigenvalue weighted by Crippen LogP contribution is -2.21. The summed E-state index contributed by atoms with van der Waals surface area (Å²) >= 11 is 0. The number of unbranched alkanes of at least 4 members (excludes halogenated alkanes) is 72. The molecule has 3 unspecified atom stereocenters. The molecule has 0 amide bonds. The minimum atomic E-state index is -4.44. The summed E-state index contributed by atoms with van der Waals surface area (Å²) in [6.45, 7) is 6.90. The van der Waals surface area contributed by atoms with Gasteiger partial charge in [-0.15, -0.1) is 0 Å². The first-order valence-electron chi connectivity index (χ1n) is 43.1. The second-order valence-electron chi connectivity index (χ2n) is 29.9. The van der Waals surface area contributed by atoms with Gasteiger partial charge >= 0.3 is 7.82 Å². The van der Waals surface area contributed by atoms with Crippen molar-refractivity contribution in [3.63, 3.8) is 0 Å². The monoisotopic (exact) mass is 1320 g/mol. The van der Waals surface area contributed by atoms with Gasteiger partial charge in [0, 0.05) is 0 Å². The Balaban J connectivity index is 4.34. The smallest absolute Gasteiger partial charge is 0.367 e. The maximum Gasteiger partial charge on any atom is 0.481 e. The van der Waals surface area contributed by atoms with E-state index in [9.17, 15) is 19.9 Å². The normalized spacial score (nSPS) is 13.6. The van der Waals surface area contributed by atoms with Crippen LogP contribution in [0.25, 0.3) is 0 Å². The lowest BCUT2D eigenvalue weighted by atomic mass is 10.0. The Hall–Kier alpha value is -0.0100. The van der Waals surface area contributed by atoms with Crippen molar-refractivity contribution in [3.8, 4) is 0 Å². The minimum absolute atomic E-state index is 0.307. The zero-order chi connectivity index (χ0) is 66.5. The molecule has 0 heterocycles. The summed E-state index contributed by atoms with van der Waals surface area (Å²) in [5.41, 5.74) is 0. The molecule has 0 fully saturated rings. The van der Waals surface area contributed by atoms with E-state index in [1.54, 1.807) is 0 Å². The third kappa shape index (κ3) is 77.3. The van der Waals surface area contributed by atoms with E-state index in [1.165, 1.54) is 424 Å². The fourth-order valence-electron chi connectivity index (χ4n) is 14.1. The largest absolute Gasteiger partial charge is 0.481 e. The summed E-state index contributed by atoms with van der Waals surface area (Å²) in [6, 6.07) is 0. The number of phosphoric ester groups is 1. The van der Waals surface area contributed by atoms with E-state index < -0.39 is 26.7 Å². The number of phosphoric acid groups is 1. The average Bonchev–Trinajstić information content (AvgIpc) is 1.41. The first kappa shape index (κ1) is 92.0. The minimum Gasteiger partial charge on any atom is -0.367 e. The second-order valence-corrected chi connectivity index (χ2v) is 31.5. The second kappa shape index (κ2) is 80.0. The van der Waals surface area contributed by atoms with Crippen molar-refractivity contribution >= 4 is 7.82 Å². The Morgan fingerprint density at radius 1 is 0.174 bits per heavy atom. The Labute approximate surface area is 578 Å². The molecule has 0 spiro atoms. The highest BCUT2D eigenvalue weighted by Crippen LogP contribution is 2.53.